The van der Waals surface area contributed by atoms with Crippen LogP contribution in [-0.4, -0.2) is 59.4 Å². The second-order valence-corrected chi connectivity index (χ2v) is 7.04. The predicted molar refractivity (Wildman–Crippen MR) is 95.9 cm³/mol. The first-order valence-electron chi connectivity index (χ1n) is 8.23. The molecule has 3 rings (SSSR count). The Hall–Kier alpha value is -2.06. The van der Waals surface area contributed by atoms with Gasteiger partial charge in [0.1, 0.15) is 5.25 Å². The Labute approximate surface area is 151 Å². The highest BCUT2D eigenvalue weighted by Crippen LogP contribution is 2.27. The molecule has 8 heteroatoms. The van der Waals surface area contributed by atoms with Crippen LogP contribution in [-0.2, 0) is 20.8 Å². The van der Waals surface area contributed by atoms with E-state index in [-0.39, 0.29) is 11.2 Å². The van der Waals surface area contributed by atoms with Crippen LogP contribution in [0.4, 0.5) is 5.95 Å². The maximum absolute atomic E-state index is 11.8. The summed E-state index contributed by atoms with van der Waals surface area (Å²) in [5, 5.41) is 9.08. The van der Waals surface area contributed by atoms with Crippen molar-refractivity contribution in [1.82, 2.24) is 14.8 Å². The fraction of sp³-hybridized carbons (Fsp3) is 0.471. The lowest BCUT2D eigenvalue weighted by Crippen LogP contribution is -2.38. The summed E-state index contributed by atoms with van der Waals surface area (Å²) < 4.78 is 12.3. The molecule has 0 saturated carbocycles. The topological polar surface area (TPSA) is 69.5 Å². The molecule has 0 radical (unpaired) electrons. The second-order valence-electron chi connectivity index (χ2n) is 5.74. The van der Waals surface area contributed by atoms with E-state index in [0.717, 1.165) is 24.6 Å². The molecule has 7 nitrogen and oxygen atoms in total. The van der Waals surface area contributed by atoms with Crippen LogP contribution in [0.2, 0.25) is 0 Å². The molecule has 1 aliphatic heterocycles. The zero-order valence-electron chi connectivity index (χ0n) is 14.4. The fourth-order valence-corrected chi connectivity index (χ4v) is 3.51. The summed E-state index contributed by atoms with van der Waals surface area (Å²) in [5.74, 6) is 0.541. The van der Waals surface area contributed by atoms with Crippen LogP contribution in [0, 0.1) is 0 Å². The van der Waals surface area contributed by atoms with Crippen LogP contribution in [0.15, 0.2) is 35.5 Å². The Morgan fingerprint density at radius 1 is 1.28 bits per heavy atom. The smallest absolute Gasteiger partial charge is 0.318 e. The molecule has 1 saturated heterocycles. The van der Waals surface area contributed by atoms with Crippen molar-refractivity contribution in [1.29, 1.82) is 0 Å². The molecule has 0 aliphatic carbocycles. The maximum atomic E-state index is 11.8. The number of nitrogens with zero attached hydrogens (tertiary/aromatic N) is 4. The number of aromatic nitrogens is 3. The molecule has 0 amide bonds. The molecular weight excluding hydrogens is 340 g/mol. The van der Waals surface area contributed by atoms with Crippen LogP contribution in [0.5, 0.6) is 0 Å². The molecular formula is C17H22N4O3S. The highest BCUT2D eigenvalue weighted by atomic mass is 32.2. The summed E-state index contributed by atoms with van der Waals surface area (Å²) in [6, 6.07) is 10.2. The number of thioether (sulfide) groups is 1. The van der Waals surface area contributed by atoms with Crippen LogP contribution in [0.25, 0.3) is 0 Å². The summed E-state index contributed by atoms with van der Waals surface area (Å²) in [6.07, 6.45) is 0. The van der Waals surface area contributed by atoms with E-state index in [1.54, 1.807) is 0 Å². The van der Waals surface area contributed by atoms with Crippen LogP contribution >= 0.6 is 11.8 Å². The molecule has 1 fully saturated rings. The minimum Gasteiger partial charge on any atom is -0.468 e. The zero-order chi connectivity index (χ0) is 17.6. The summed E-state index contributed by atoms with van der Waals surface area (Å²) in [7, 11) is 1.40. The highest BCUT2D eigenvalue weighted by Gasteiger charge is 2.24. The van der Waals surface area contributed by atoms with E-state index in [4.69, 9.17) is 9.47 Å². The average Bonchev–Trinajstić information content (AvgIpc) is 3.04. The van der Waals surface area contributed by atoms with Gasteiger partial charge in [0, 0.05) is 13.1 Å². The number of carbonyl (C=O) groups excluding carboxylic acids is 1. The normalized spacial score (nSPS) is 15.8. The molecule has 1 atom stereocenters. The molecule has 1 aromatic carbocycles. The van der Waals surface area contributed by atoms with Crippen molar-refractivity contribution < 1.29 is 14.3 Å². The average molecular weight is 362 g/mol. The van der Waals surface area contributed by atoms with Gasteiger partial charge in [0.15, 0.2) is 5.16 Å². The first-order valence-corrected chi connectivity index (χ1v) is 9.11. The summed E-state index contributed by atoms with van der Waals surface area (Å²) in [4.78, 5) is 13.9. The number of hydrogen-bond donors (Lipinski definition) is 0. The van der Waals surface area contributed by atoms with Gasteiger partial charge < -0.3 is 14.4 Å². The molecule has 0 spiro atoms. The number of anilines is 1. The van der Waals surface area contributed by atoms with E-state index >= 15 is 0 Å². The van der Waals surface area contributed by atoms with Gasteiger partial charge in [-0.25, -0.2) is 0 Å². The van der Waals surface area contributed by atoms with Crippen molar-refractivity contribution in [3.8, 4) is 0 Å². The zero-order valence-corrected chi connectivity index (χ0v) is 15.2. The van der Waals surface area contributed by atoms with Gasteiger partial charge in [-0.1, -0.05) is 42.1 Å². The van der Waals surface area contributed by atoms with Gasteiger partial charge in [0.2, 0.25) is 5.95 Å². The number of rotatable bonds is 6. The minimum atomic E-state index is -0.346. The number of carbonyl (C=O) groups is 1. The standard InChI is InChI=1S/C17H22N4O3S/c1-13(15(22)23-2)25-17-19-18-16(20-8-10-24-11-9-20)21(17)12-14-6-4-3-5-7-14/h3-7,13H,8-12H2,1-2H3/t13-/m0/s1. The van der Waals surface area contributed by atoms with Crippen LogP contribution in [0.1, 0.15) is 12.5 Å². The Morgan fingerprint density at radius 2 is 2.00 bits per heavy atom. The van der Waals surface area contributed by atoms with Gasteiger partial charge in [-0.05, 0) is 12.5 Å². The first-order chi connectivity index (χ1) is 12.2. The Morgan fingerprint density at radius 3 is 2.68 bits per heavy atom. The third-order valence-corrected chi connectivity index (χ3v) is 5.05. The van der Waals surface area contributed by atoms with E-state index in [0.29, 0.717) is 24.9 Å². The molecule has 0 unspecified atom stereocenters. The lowest BCUT2D eigenvalue weighted by molar-refractivity contribution is -0.139. The van der Waals surface area contributed by atoms with E-state index in [1.807, 2.05) is 25.1 Å². The molecule has 2 heterocycles. The Kier molecular flexibility index (Phi) is 5.93. The van der Waals surface area contributed by atoms with Gasteiger partial charge in [-0.15, -0.1) is 10.2 Å². The Balaban J connectivity index is 1.88. The number of morpholine rings is 1. The third-order valence-electron chi connectivity index (χ3n) is 3.99. The predicted octanol–water partition coefficient (Wildman–Crippen LogP) is 1.82. The van der Waals surface area contributed by atoms with Crippen molar-refractivity contribution >= 4 is 23.7 Å². The lowest BCUT2D eigenvalue weighted by atomic mass is 10.2. The number of benzene rings is 1. The van der Waals surface area contributed by atoms with Crippen molar-refractivity contribution in [2.75, 3.05) is 38.3 Å². The van der Waals surface area contributed by atoms with Crippen molar-refractivity contribution in [2.24, 2.45) is 0 Å². The lowest BCUT2D eigenvalue weighted by Gasteiger charge is -2.28. The molecule has 1 aliphatic rings. The summed E-state index contributed by atoms with van der Waals surface area (Å²) in [6.45, 7) is 5.38. The van der Waals surface area contributed by atoms with E-state index in [1.165, 1.54) is 18.9 Å². The third kappa shape index (κ3) is 4.32. The summed E-state index contributed by atoms with van der Waals surface area (Å²) >= 11 is 1.36. The summed E-state index contributed by atoms with van der Waals surface area (Å²) in [5.41, 5.74) is 1.16. The second kappa shape index (κ2) is 8.35. The maximum Gasteiger partial charge on any atom is 0.318 e. The largest absolute Gasteiger partial charge is 0.468 e. The van der Waals surface area contributed by atoms with Gasteiger partial charge in [-0.2, -0.15) is 0 Å². The Bertz CT molecular complexity index is 701. The molecule has 0 N–H and O–H groups in total. The fourth-order valence-electron chi connectivity index (χ4n) is 2.64. The monoisotopic (exact) mass is 362 g/mol. The van der Waals surface area contributed by atoms with Gasteiger partial charge >= 0.3 is 5.97 Å². The molecule has 0 bridgehead atoms. The molecule has 2 aromatic rings. The van der Waals surface area contributed by atoms with Gasteiger partial charge in [0.05, 0.1) is 26.9 Å². The molecule has 134 valence electrons. The molecule has 1 aromatic heterocycles. The van der Waals surface area contributed by atoms with Crippen molar-refractivity contribution in [3.05, 3.63) is 35.9 Å². The quantitative estimate of drug-likeness (QED) is 0.573. The van der Waals surface area contributed by atoms with E-state index in [9.17, 15) is 4.79 Å². The minimum absolute atomic E-state index is 0.271. The van der Waals surface area contributed by atoms with E-state index in [2.05, 4.69) is 31.8 Å². The van der Waals surface area contributed by atoms with Crippen LogP contribution < -0.4 is 4.90 Å². The van der Waals surface area contributed by atoms with Gasteiger partial charge in [-0.3, -0.25) is 9.36 Å². The number of esters is 1. The number of ether oxygens (including phenoxy) is 2. The van der Waals surface area contributed by atoms with E-state index < -0.39 is 0 Å². The SMILES string of the molecule is COC(=O)[C@H](C)Sc1nnc(N2CCOCC2)n1Cc1ccccc1. The number of hydrogen-bond acceptors (Lipinski definition) is 7. The first kappa shape index (κ1) is 17.8. The van der Waals surface area contributed by atoms with Gasteiger partial charge in [0.25, 0.3) is 0 Å². The van der Waals surface area contributed by atoms with Crippen LogP contribution in [0.3, 0.4) is 0 Å². The number of methoxy groups -OCH3 is 1. The molecule has 25 heavy (non-hydrogen) atoms. The van der Waals surface area contributed by atoms with Crippen molar-refractivity contribution in [2.45, 2.75) is 23.9 Å². The van der Waals surface area contributed by atoms with Crippen molar-refractivity contribution in [3.63, 3.8) is 0 Å². The highest BCUT2D eigenvalue weighted by molar-refractivity contribution is 8.00.